The Morgan fingerprint density at radius 1 is 1.13 bits per heavy atom. The summed E-state index contributed by atoms with van der Waals surface area (Å²) in [6, 6.07) is 9.61. The smallest absolute Gasteiger partial charge is 0.274 e. The third kappa shape index (κ3) is 2.37. The number of aromatic amines is 1. The quantitative estimate of drug-likeness (QED) is 0.761. The maximum Gasteiger partial charge on any atom is 0.274 e. The van der Waals surface area contributed by atoms with Crippen molar-refractivity contribution in [2.75, 3.05) is 0 Å². The van der Waals surface area contributed by atoms with Crippen LogP contribution in [-0.4, -0.2) is 9.78 Å². The minimum absolute atomic E-state index is 0.00574. The maximum absolute atomic E-state index is 11.5. The number of nitrogens with zero attached hydrogens (tertiary/aromatic N) is 1. The number of nitrogens with one attached hydrogen (secondary N) is 1. The molecule has 0 fully saturated rings. The summed E-state index contributed by atoms with van der Waals surface area (Å²) in [7, 11) is 1.70. The van der Waals surface area contributed by atoms with E-state index in [-0.39, 0.29) is 5.56 Å². The first-order chi connectivity index (χ1) is 7.29. The minimum atomic E-state index is 0.00574. The van der Waals surface area contributed by atoms with Crippen LogP contribution in [0.1, 0.15) is 13.8 Å². The van der Waals surface area contributed by atoms with Crippen molar-refractivity contribution < 1.29 is 0 Å². The third-order valence-electron chi connectivity index (χ3n) is 2.02. The third-order valence-corrected chi connectivity index (χ3v) is 2.02. The Hall–Kier alpha value is -1.77. The normalized spacial score (nSPS) is 9.27. The molecule has 0 saturated carbocycles. The van der Waals surface area contributed by atoms with Crippen molar-refractivity contribution in [1.82, 2.24) is 9.78 Å². The molecule has 0 aliphatic heterocycles. The zero-order valence-electron chi connectivity index (χ0n) is 9.32. The van der Waals surface area contributed by atoms with Crippen LogP contribution < -0.4 is 5.56 Å². The van der Waals surface area contributed by atoms with E-state index in [1.165, 1.54) is 4.68 Å². The van der Waals surface area contributed by atoms with Gasteiger partial charge in [-0.05, 0) is 5.56 Å². The lowest BCUT2D eigenvalue weighted by atomic mass is 10.1. The van der Waals surface area contributed by atoms with Gasteiger partial charge in [-0.15, -0.1) is 0 Å². The molecule has 0 saturated heterocycles. The Kier molecular flexibility index (Phi) is 3.92. The van der Waals surface area contributed by atoms with Crippen molar-refractivity contribution >= 4 is 0 Å². The second kappa shape index (κ2) is 5.20. The molecule has 0 bridgehead atoms. The van der Waals surface area contributed by atoms with Gasteiger partial charge in [0.05, 0.1) is 5.56 Å². The molecule has 0 spiro atoms. The van der Waals surface area contributed by atoms with Crippen molar-refractivity contribution in [3.05, 3.63) is 46.9 Å². The number of hydrogen-bond acceptors (Lipinski definition) is 1. The molecule has 0 atom stereocenters. The standard InChI is InChI=1S/C10H10N2O.C2H6/c1-12-10(13)9(7-11-12)8-5-3-2-4-6-8;1-2/h2-7,11H,1H3;1-2H3. The SMILES string of the molecule is CC.Cn1[nH]cc(-c2ccccc2)c1=O. The highest BCUT2D eigenvalue weighted by Gasteiger charge is 2.04. The lowest BCUT2D eigenvalue weighted by Gasteiger charge is -1.92. The minimum Gasteiger partial charge on any atom is -0.303 e. The van der Waals surface area contributed by atoms with Crippen LogP contribution in [0.25, 0.3) is 11.1 Å². The fourth-order valence-corrected chi connectivity index (χ4v) is 1.29. The van der Waals surface area contributed by atoms with Gasteiger partial charge in [0, 0.05) is 13.2 Å². The summed E-state index contributed by atoms with van der Waals surface area (Å²) in [4.78, 5) is 11.5. The molecule has 0 radical (unpaired) electrons. The number of aromatic nitrogens is 2. The van der Waals surface area contributed by atoms with E-state index >= 15 is 0 Å². The summed E-state index contributed by atoms with van der Waals surface area (Å²) < 4.78 is 1.46. The largest absolute Gasteiger partial charge is 0.303 e. The van der Waals surface area contributed by atoms with E-state index in [1.54, 1.807) is 13.2 Å². The Balaban J connectivity index is 0.000000531. The lowest BCUT2D eigenvalue weighted by Crippen LogP contribution is -2.12. The molecular weight excluding hydrogens is 188 g/mol. The summed E-state index contributed by atoms with van der Waals surface area (Å²) in [5, 5.41) is 2.84. The average molecular weight is 204 g/mol. The monoisotopic (exact) mass is 204 g/mol. The van der Waals surface area contributed by atoms with Gasteiger partial charge in [-0.1, -0.05) is 44.2 Å². The van der Waals surface area contributed by atoms with Crippen LogP contribution >= 0.6 is 0 Å². The molecule has 0 aliphatic rings. The summed E-state index contributed by atoms with van der Waals surface area (Å²) in [6.45, 7) is 4.00. The molecule has 3 nitrogen and oxygen atoms in total. The highest BCUT2D eigenvalue weighted by molar-refractivity contribution is 5.61. The number of benzene rings is 1. The highest BCUT2D eigenvalue weighted by Crippen LogP contribution is 2.12. The molecule has 0 unspecified atom stereocenters. The van der Waals surface area contributed by atoms with E-state index in [0.29, 0.717) is 5.56 Å². The van der Waals surface area contributed by atoms with E-state index in [4.69, 9.17) is 0 Å². The van der Waals surface area contributed by atoms with Gasteiger partial charge < -0.3 is 5.10 Å². The van der Waals surface area contributed by atoms with Gasteiger partial charge >= 0.3 is 0 Å². The maximum atomic E-state index is 11.5. The Morgan fingerprint density at radius 3 is 2.20 bits per heavy atom. The van der Waals surface area contributed by atoms with Crippen LogP contribution in [0.15, 0.2) is 41.3 Å². The zero-order chi connectivity index (χ0) is 11.3. The molecule has 2 aromatic rings. The average Bonchev–Trinajstić information content (AvgIpc) is 2.64. The van der Waals surface area contributed by atoms with Crippen LogP contribution in [-0.2, 0) is 7.05 Å². The Morgan fingerprint density at radius 2 is 1.73 bits per heavy atom. The summed E-state index contributed by atoms with van der Waals surface area (Å²) in [6.07, 6.45) is 1.72. The predicted molar refractivity (Wildman–Crippen MR) is 62.8 cm³/mol. The second-order valence-corrected chi connectivity index (χ2v) is 2.92. The first kappa shape index (κ1) is 11.3. The van der Waals surface area contributed by atoms with Crippen LogP contribution in [0.4, 0.5) is 0 Å². The zero-order valence-corrected chi connectivity index (χ0v) is 9.32. The molecule has 15 heavy (non-hydrogen) atoms. The van der Waals surface area contributed by atoms with Crippen molar-refractivity contribution in [3.63, 3.8) is 0 Å². The van der Waals surface area contributed by atoms with Gasteiger partial charge in [0.15, 0.2) is 0 Å². The van der Waals surface area contributed by atoms with Gasteiger partial charge in [0.1, 0.15) is 0 Å². The number of hydrogen-bond donors (Lipinski definition) is 1. The molecular formula is C12H16N2O. The number of rotatable bonds is 1. The van der Waals surface area contributed by atoms with Crippen LogP contribution in [0.3, 0.4) is 0 Å². The molecule has 80 valence electrons. The van der Waals surface area contributed by atoms with E-state index in [0.717, 1.165) is 5.56 Å². The van der Waals surface area contributed by atoms with Crippen molar-refractivity contribution in [1.29, 1.82) is 0 Å². The lowest BCUT2D eigenvalue weighted by molar-refractivity contribution is 0.740. The molecule has 3 heteroatoms. The highest BCUT2D eigenvalue weighted by atomic mass is 16.1. The van der Waals surface area contributed by atoms with Crippen molar-refractivity contribution in [2.24, 2.45) is 7.05 Å². The van der Waals surface area contributed by atoms with Gasteiger partial charge in [0.2, 0.25) is 0 Å². The fourth-order valence-electron chi connectivity index (χ4n) is 1.29. The summed E-state index contributed by atoms with van der Waals surface area (Å²) in [5.74, 6) is 0. The fraction of sp³-hybridized carbons (Fsp3) is 0.250. The first-order valence-electron chi connectivity index (χ1n) is 5.09. The second-order valence-electron chi connectivity index (χ2n) is 2.92. The molecule has 0 aliphatic carbocycles. The molecule has 2 rings (SSSR count). The van der Waals surface area contributed by atoms with E-state index < -0.39 is 0 Å². The molecule has 0 amide bonds. The van der Waals surface area contributed by atoms with Crippen molar-refractivity contribution in [3.8, 4) is 11.1 Å². The predicted octanol–water partition coefficient (Wildman–Crippen LogP) is 2.41. The first-order valence-corrected chi connectivity index (χ1v) is 5.09. The Bertz CT molecular complexity index is 454. The van der Waals surface area contributed by atoms with Gasteiger partial charge in [0.25, 0.3) is 5.56 Å². The topological polar surface area (TPSA) is 37.8 Å². The van der Waals surface area contributed by atoms with Gasteiger partial charge in [-0.3, -0.25) is 9.48 Å². The molecule has 1 N–H and O–H groups in total. The van der Waals surface area contributed by atoms with Crippen LogP contribution in [0.2, 0.25) is 0 Å². The van der Waals surface area contributed by atoms with Crippen LogP contribution in [0.5, 0.6) is 0 Å². The van der Waals surface area contributed by atoms with E-state index in [9.17, 15) is 4.79 Å². The number of H-pyrrole nitrogens is 1. The number of aryl methyl sites for hydroxylation is 1. The van der Waals surface area contributed by atoms with Crippen molar-refractivity contribution in [2.45, 2.75) is 13.8 Å². The van der Waals surface area contributed by atoms with E-state index in [2.05, 4.69) is 5.10 Å². The van der Waals surface area contributed by atoms with Gasteiger partial charge in [-0.2, -0.15) is 0 Å². The van der Waals surface area contributed by atoms with Gasteiger partial charge in [-0.25, -0.2) is 0 Å². The summed E-state index contributed by atoms with van der Waals surface area (Å²) in [5.41, 5.74) is 1.67. The molecule has 1 heterocycles. The van der Waals surface area contributed by atoms with Crippen LogP contribution in [0, 0.1) is 0 Å². The molecule has 1 aromatic heterocycles. The Labute approximate surface area is 89.4 Å². The molecule has 1 aromatic carbocycles. The summed E-state index contributed by atoms with van der Waals surface area (Å²) >= 11 is 0. The van der Waals surface area contributed by atoms with E-state index in [1.807, 2.05) is 44.2 Å².